The van der Waals surface area contributed by atoms with Gasteiger partial charge < -0.3 is 0 Å². The first-order valence-electron chi connectivity index (χ1n) is 8.01. The maximum Gasteiger partial charge on any atom is 0.271 e. The molecule has 0 aliphatic carbocycles. The van der Waals surface area contributed by atoms with E-state index in [0.29, 0.717) is 21.3 Å². The number of anilines is 1. The lowest BCUT2D eigenvalue weighted by Crippen LogP contribution is -2.29. The Hall–Kier alpha value is -2.73. The molecule has 0 bridgehead atoms. The van der Waals surface area contributed by atoms with Gasteiger partial charge in [-0.3, -0.25) is 14.5 Å². The van der Waals surface area contributed by atoms with Crippen molar-refractivity contribution in [3.8, 4) is 0 Å². The Morgan fingerprint density at radius 3 is 2.58 bits per heavy atom. The smallest absolute Gasteiger partial charge is 0.271 e. The monoisotopic (exact) mass is 368 g/mol. The largest absolute Gasteiger partial charge is 0.273 e. The molecule has 0 aromatic heterocycles. The van der Waals surface area contributed by atoms with Gasteiger partial charge in [-0.05, 0) is 72.6 Å². The standard InChI is InChI=1S/C20H17FN2O2S/c1-12-7-8-17(9-13(12)2)23-19(25)18(26-20(23)22-14(3)24)11-15-5-4-6-16(21)10-15/h4-11H,1-3H3/b18-11-,22-20?. The minimum absolute atomic E-state index is 0.289. The Kier molecular flexibility index (Phi) is 5.04. The number of hydrogen-bond donors (Lipinski definition) is 0. The molecule has 6 heteroatoms. The zero-order valence-electron chi connectivity index (χ0n) is 14.6. The van der Waals surface area contributed by atoms with Gasteiger partial charge in [0.25, 0.3) is 5.91 Å². The first kappa shape index (κ1) is 18.1. The van der Waals surface area contributed by atoms with Crippen LogP contribution in [0.2, 0.25) is 0 Å². The Morgan fingerprint density at radius 1 is 1.15 bits per heavy atom. The number of amidine groups is 1. The fourth-order valence-electron chi connectivity index (χ4n) is 2.52. The summed E-state index contributed by atoms with van der Waals surface area (Å²) in [6, 6.07) is 11.6. The van der Waals surface area contributed by atoms with E-state index in [1.807, 2.05) is 32.0 Å². The molecule has 1 aliphatic heterocycles. The van der Waals surface area contributed by atoms with Crippen molar-refractivity contribution in [2.75, 3.05) is 4.90 Å². The summed E-state index contributed by atoms with van der Waals surface area (Å²) in [4.78, 5) is 30.2. The molecule has 0 saturated carbocycles. The van der Waals surface area contributed by atoms with Crippen molar-refractivity contribution in [3.63, 3.8) is 0 Å². The van der Waals surface area contributed by atoms with Gasteiger partial charge in [0.2, 0.25) is 5.91 Å². The average molecular weight is 368 g/mol. The Labute approximate surface area is 155 Å². The van der Waals surface area contributed by atoms with Crippen molar-refractivity contribution >= 4 is 40.5 Å². The average Bonchev–Trinajstić information content (AvgIpc) is 2.85. The molecule has 2 aromatic rings. The second-order valence-corrected chi connectivity index (χ2v) is 7.00. The summed E-state index contributed by atoms with van der Waals surface area (Å²) in [5.74, 6) is -1.05. The summed E-state index contributed by atoms with van der Waals surface area (Å²) >= 11 is 1.10. The molecule has 1 fully saturated rings. The lowest BCUT2D eigenvalue weighted by molar-refractivity contribution is -0.115. The summed E-state index contributed by atoms with van der Waals surface area (Å²) in [7, 11) is 0. The van der Waals surface area contributed by atoms with Gasteiger partial charge in [0, 0.05) is 6.92 Å². The van der Waals surface area contributed by atoms with E-state index in [1.165, 1.54) is 24.0 Å². The first-order valence-corrected chi connectivity index (χ1v) is 8.83. The van der Waals surface area contributed by atoms with Crippen molar-refractivity contribution in [2.45, 2.75) is 20.8 Å². The molecule has 132 valence electrons. The van der Waals surface area contributed by atoms with Gasteiger partial charge >= 0.3 is 0 Å². The second kappa shape index (κ2) is 7.25. The number of rotatable bonds is 2. The van der Waals surface area contributed by atoms with E-state index in [1.54, 1.807) is 18.2 Å². The van der Waals surface area contributed by atoms with E-state index in [-0.39, 0.29) is 17.6 Å². The lowest BCUT2D eigenvalue weighted by Gasteiger charge is -2.16. The number of halogens is 1. The number of benzene rings is 2. The summed E-state index contributed by atoms with van der Waals surface area (Å²) in [6.07, 6.45) is 1.60. The molecule has 2 aromatic carbocycles. The number of carbonyl (C=O) groups excluding carboxylic acids is 2. The zero-order chi connectivity index (χ0) is 18.8. The number of aryl methyl sites for hydroxylation is 2. The topological polar surface area (TPSA) is 49.7 Å². The normalized spacial score (nSPS) is 17.4. The van der Waals surface area contributed by atoms with Crippen LogP contribution in [-0.2, 0) is 9.59 Å². The van der Waals surface area contributed by atoms with E-state index >= 15 is 0 Å². The fourth-order valence-corrected chi connectivity index (χ4v) is 3.55. The maximum atomic E-state index is 13.4. The van der Waals surface area contributed by atoms with Gasteiger partial charge in [-0.25, -0.2) is 4.39 Å². The minimum atomic E-state index is -0.388. The highest BCUT2D eigenvalue weighted by Gasteiger charge is 2.35. The predicted molar refractivity (Wildman–Crippen MR) is 103 cm³/mol. The zero-order valence-corrected chi connectivity index (χ0v) is 15.4. The molecule has 1 saturated heterocycles. The molecular formula is C20H17FN2O2S. The number of amides is 2. The number of carbonyl (C=O) groups is 2. The van der Waals surface area contributed by atoms with E-state index < -0.39 is 0 Å². The van der Waals surface area contributed by atoms with Gasteiger partial charge in [-0.1, -0.05) is 18.2 Å². The minimum Gasteiger partial charge on any atom is -0.273 e. The number of aliphatic imine (C=N–C) groups is 1. The Morgan fingerprint density at radius 2 is 1.92 bits per heavy atom. The van der Waals surface area contributed by atoms with Crippen molar-refractivity contribution < 1.29 is 14.0 Å². The second-order valence-electron chi connectivity index (χ2n) is 5.99. The van der Waals surface area contributed by atoms with Crippen LogP contribution in [0.3, 0.4) is 0 Å². The van der Waals surface area contributed by atoms with E-state index in [0.717, 1.165) is 22.9 Å². The molecule has 3 rings (SSSR count). The molecule has 0 atom stereocenters. The highest BCUT2D eigenvalue weighted by atomic mass is 32.2. The molecule has 0 spiro atoms. The summed E-state index contributed by atoms with van der Waals surface area (Å²) in [5.41, 5.74) is 3.36. The van der Waals surface area contributed by atoms with Gasteiger partial charge in [0.1, 0.15) is 5.82 Å². The quantitative estimate of drug-likeness (QED) is 0.735. The van der Waals surface area contributed by atoms with Gasteiger partial charge in [0.05, 0.1) is 10.6 Å². The third-order valence-electron chi connectivity index (χ3n) is 3.95. The SMILES string of the molecule is CC(=O)N=C1S/C(=C\c2cccc(F)c2)C(=O)N1c1ccc(C)c(C)c1. The molecule has 2 amide bonds. The molecule has 0 N–H and O–H groups in total. The van der Waals surface area contributed by atoms with Gasteiger partial charge in [-0.15, -0.1) is 0 Å². The van der Waals surface area contributed by atoms with Crippen LogP contribution in [0, 0.1) is 19.7 Å². The molecule has 26 heavy (non-hydrogen) atoms. The van der Waals surface area contributed by atoms with Crippen LogP contribution in [0.4, 0.5) is 10.1 Å². The van der Waals surface area contributed by atoms with Crippen LogP contribution >= 0.6 is 11.8 Å². The molecular weight excluding hydrogens is 351 g/mol. The summed E-state index contributed by atoms with van der Waals surface area (Å²) in [6.45, 7) is 5.28. The Bertz CT molecular complexity index is 966. The molecule has 0 unspecified atom stereocenters. The van der Waals surface area contributed by atoms with E-state index in [9.17, 15) is 14.0 Å². The highest BCUT2D eigenvalue weighted by Crippen LogP contribution is 2.36. The third-order valence-corrected chi connectivity index (χ3v) is 4.92. The van der Waals surface area contributed by atoms with Crippen LogP contribution in [0.5, 0.6) is 0 Å². The summed E-state index contributed by atoms with van der Waals surface area (Å²) < 4.78 is 13.4. The Balaban J connectivity index is 2.05. The van der Waals surface area contributed by atoms with Crippen LogP contribution in [0.25, 0.3) is 6.08 Å². The fraction of sp³-hybridized carbons (Fsp3) is 0.150. The maximum absolute atomic E-state index is 13.4. The van der Waals surface area contributed by atoms with Crippen molar-refractivity contribution in [1.29, 1.82) is 0 Å². The third kappa shape index (κ3) is 3.75. The van der Waals surface area contributed by atoms with Crippen molar-refractivity contribution in [1.82, 2.24) is 0 Å². The predicted octanol–water partition coefficient (Wildman–Crippen LogP) is 4.47. The lowest BCUT2D eigenvalue weighted by atomic mass is 10.1. The molecule has 1 aliphatic rings. The van der Waals surface area contributed by atoms with Gasteiger partial charge in [0.15, 0.2) is 5.17 Å². The molecule has 0 radical (unpaired) electrons. The van der Waals surface area contributed by atoms with E-state index in [2.05, 4.69) is 4.99 Å². The van der Waals surface area contributed by atoms with Crippen LogP contribution in [0.1, 0.15) is 23.6 Å². The molecule has 4 nitrogen and oxygen atoms in total. The van der Waals surface area contributed by atoms with Crippen LogP contribution < -0.4 is 4.90 Å². The molecule has 1 heterocycles. The van der Waals surface area contributed by atoms with Crippen LogP contribution in [-0.4, -0.2) is 17.0 Å². The number of nitrogens with zero attached hydrogens (tertiary/aromatic N) is 2. The number of thioether (sulfide) groups is 1. The van der Waals surface area contributed by atoms with Gasteiger partial charge in [-0.2, -0.15) is 4.99 Å². The van der Waals surface area contributed by atoms with Crippen LogP contribution in [0.15, 0.2) is 52.4 Å². The number of hydrogen-bond acceptors (Lipinski definition) is 3. The summed E-state index contributed by atoms with van der Waals surface area (Å²) in [5, 5.41) is 0.299. The van der Waals surface area contributed by atoms with E-state index in [4.69, 9.17) is 0 Å². The highest BCUT2D eigenvalue weighted by molar-refractivity contribution is 8.19. The van der Waals surface area contributed by atoms with Crippen molar-refractivity contribution in [3.05, 3.63) is 69.9 Å². The first-order chi connectivity index (χ1) is 12.3. The van der Waals surface area contributed by atoms with Crippen molar-refractivity contribution in [2.24, 2.45) is 4.99 Å².